The molecule has 0 saturated carbocycles. The molecule has 2 N–H and O–H groups in total. The minimum absolute atomic E-state index is 0.115. The zero-order chi connectivity index (χ0) is 26.8. The van der Waals surface area contributed by atoms with Gasteiger partial charge in [0.15, 0.2) is 0 Å². The quantitative estimate of drug-likeness (QED) is 0.336. The second kappa shape index (κ2) is 13.4. The molecule has 0 aliphatic rings. The Labute approximate surface area is 222 Å². The molecule has 3 rings (SSSR count). The van der Waals surface area contributed by atoms with Gasteiger partial charge in [-0.15, -0.1) is 0 Å². The van der Waals surface area contributed by atoms with Gasteiger partial charge in [-0.2, -0.15) is 0 Å². The van der Waals surface area contributed by atoms with Gasteiger partial charge in [0.2, 0.25) is 5.91 Å². The van der Waals surface area contributed by atoms with E-state index in [0.29, 0.717) is 6.42 Å². The summed E-state index contributed by atoms with van der Waals surface area (Å²) in [6.45, 7) is 9.76. The molecule has 6 heteroatoms. The normalized spacial score (nSPS) is 13.9. The molecule has 37 heavy (non-hydrogen) atoms. The van der Waals surface area contributed by atoms with Crippen LogP contribution in [-0.4, -0.2) is 29.4 Å². The summed E-state index contributed by atoms with van der Waals surface area (Å²) in [6, 6.07) is 29.7. The first-order chi connectivity index (χ1) is 17.7. The Morgan fingerprint density at radius 2 is 1.30 bits per heavy atom. The average molecular weight is 519 g/mol. The van der Waals surface area contributed by atoms with E-state index in [1.165, 1.54) is 10.6 Å². The Morgan fingerprint density at radius 1 is 0.811 bits per heavy atom. The minimum atomic E-state index is -0.894. The summed E-state index contributed by atoms with van der Waals surface area (Å²) in [7, 11) is -0.894. The first kappa shape index (κ1) is 28.4. The van der Waals surface area contributed by atoms with E-state index in [1.807, 2.05) is 87.5 Å². The number of rotatable bonds is 10. The highest BCUT2D eigenvalue weighted by molar-refractivity contribution is 7.73. The lowest BCUT2D eigenvalue weighted by molar-refractivity contribution is -0.123. The van der Waals surface area contributed by atoms with Gasteiger partial charge in [-0.05, 0) is 50.8 Å². The second-order valence-electron chi connectivity index (χ2n) is 10.3. The molecule has 0 aliphatic carbocycles. The standard InChI is InChI=1S/C31H39N2O3P/c1-6-23(2)29(37(25-18-12-8-13-19-25)26-20-14-9-15-21-26)33-28(34)27(22-24-16-10-7-11-17-24)32-30(35)36-31(3,4)5/h7-21,23,27,29H,6,22H2,1-5H3,(H,32,35)(H,33,34)/t23?,27-,29-/m0/s1. The molecule has 196 valence electrons. The number of hydrogen-bond donors (Lipinski definition) is 2. The molecule has 2 amide bonds. The fraction of sp³-hybridized carbons (Fsp3) is 0.355. The Hall–Kier alpha value is -3.17. The van der Waals surface area contributed by atoms with E-state index < -0.39 is 25.7 Å². The SMILES string of the molecule is CCC(C)[C@@H](NC(=O)[C@H](Cc1ccccc1)NC(=O)OC(C)(C)C)P(c1ccccc1)c1ccccc1. The number of carbonyl (C=O) groups excluding carboxylic acids is 2. The van der Waals surface area contributed by atoms with Crippen LogP contribution < -0.4 is 21.2 Å². The molecular formula is C31H39N2O3P. The Morgan fingerprint density at radius 3 is 1.76 bits per heavy atom. The molecule has 5 nitrogen and oxygen atoms in total. The third-order valence-corrected chi connectivity index (χ3v) is 9.01. The van der Waals surface area contributed by atoms with E-state index in [-0.39, 0.29) is 17.6 Å². The summed E-state index contributed by atoms with van der Waals surface area (Å²) < 4.78 is 5.49. The number of ether oxygens (including phenoxy) is 1. The predicted octanol–water partition coefficient (Wildman–Crippen LogP) is 5.74. The third-order valence-electron chi connectivity index (χ3n) is 6.11. The van der Waals surface area contributed by atoms with Crippen molar-refractivity contribution < 1.29 is 14.3 Å². The van der Waals surface area contributed by atoms with Gasteiger partial charge >= 0.3 is 6.09 Å². The second-order valence-corrected chi connectivity index (χ2v) is 12.6. The van der Waals surface area contributed by atoms with Crippen molar-refractivity contribution in [3.05, 3.63) is 96.6 Å². The summed E-state index contributed by atoms with van der Waals surface area (Å²) in [5.74, 6) is -0.107. The van der Waals surface area contributed by atoms with Crippen LogP contribution in [0.4, 0.5) is 4.79 Å². The van der Waals surface area contributed by atoms with Crippen molar-refractivity contribution in [2.75, 3.05) is 0 Å². The maximum absolute atomic E-state index is 13.9. The van der Waals surface area contributed by atoms with Gasteiger partial charge in [0.25, 0.3) is 0 Å². The van der Waals surface area contributed by atoms with Crippen LogP contribution in [0.15, 0.2) is 91.0 Å². The van der Waals surface area contributed by atoms with Crippen molar-refractivity contribution in [1.82, 2.24) is 10.6 Å². The molecule has 0 fully saturated rings. The summed E-state index contributed by atoms with van der Waals surface area (Å²) in [4.78, 5) is 26.6. The van der Waals surface area contributed by atoms with Crippen LogP contribution in [0.5, 0.6) is 0 Å². The molecule has 0 saturated heterocycles. The van der Waals surface area contributed by atoms with E-state index in [9.17, 15) is 9.59 Å². The lowest BCUT2D eigenvalue weighted by Gasteiger charge is -2.34. The Balaban J connectivity index is 1.94. The number of amides is 2. The van der Waals surface area contributed by atoms with E-state index >= 15 is 0 Å². The van der Waals surface area contributed by atoms with Gasteiger partial charge in [0.05, 0.1) is 5.78 Å². The summed E-state index contributed by atoms with van der Waals surface area (Å²) in [5, 5.41) is 8.62. The Bertz CT molecular complexity index is 1080. The van der Waals surface area contributed by atoms with Gasteiger partial charge in [-0.25, -0.2) is 4.79 Å². The lowest BCUT2D eigenvalue weighted by atomic mass is 10.0. The summed E-state index contributed by atoms with van der Waals surface area (Å²) in [5.41, 5.74) is 0.304. The highest BCUT2D eigenvalue weighted by Crippen LogP contribution is 2.42. The highest BCUT2D eigenvalue weighted by atomic mass is 31.1. The van der Waals surface area contributed by atoms with Crippen molar-refractivity contribution in [2.24, 2.45) is 5.92 Å². The third kappa shape index (κ3) is 8.72. The largest absolute Gasteiger partial charge is 0.444 e. The van der Waals surface area contributed by atoms with Gasteiger partial charge < -0.3 is 15.4 Å². The number of nitrogens with one attached hydrogen (secondary N) is 2. The van der Waals surface area contributed by atoms with Crippen LogP contribution in [0.3, 0.4) is 0 Å². The van der Waals surface area contributed by atoms with Gasteiger partial charge in [-0.3, -0.25) is 4.79 Å². The topological polar surface area (TPSA) is 67.4 Å². The highest BCUT2D eigenvalue weighted by Gasteiger charge is 2.33. The number of carbonyl (C=O) groups is 2. The molecule has 3 atom stereocenters. The van der Waals surface area contributed by atoms with Gasteiger partial charge in [0, 0.05) is 6.42 Å². The zero-order valence-corrected chi connectivity index (χ0v) is 23.4. The molecule has 0 bridgehead atoms. The fourth-order valence-corrected chi connectivity index (χ4v) is 6.99. The van der Waals surface area contributed by atoms with Crippen molar-refractivity contribution in [3.63, 3.8) is 0 Å². The monoisotopic (exact) mass is 518 g/mol. The number of hydrogen-bond acceptors (Lipinski definition) is 3. The fourth-order valence-electron chi connectivity index (χ4n) is 4.09. The molecule has 0 spiro atoms. The van der Waals surface area contributed by atoms with Crippen molar-refractivity contribution in [1.29, 1.82) is 0 Å². The van der Waals surface area contributed by atoms with E-state index in [4.69, 9.17) is 4.74 Å². The summed E-state index contributed by atoms with van der Waals surface area (Å²) >= 11 is 0. The first-order valence-electron chi connectivity index (χ1n) is 12.9. The molecule has 0 radical (unpaired) electrons. The van der Waals surface area contributed by atoms with Gasteiger partial charge in [0.1, 0.15) is 11.6 Å². The molecule has 0 aromatic heterocycles. The average Bonchev–Trinajstić information content (AvgIpc) is 2.88. The van der Waals surface area contributed by atoms with Crippen LogP contribution in [0.1, 0.15) is 46.6 Å². The molecule has 0 aliphatic heterocycles. The summed E-state index contributed by atoms with van der Waals surface area (Å²) in [6.07, 6.45) is 0.678. The molecule has 3 aromatic rings. The number of alkyl carbamates (subject to hydrolysis) is 1. The van der Waals surface area contributed by atoms with E-state index in [0.717, 1.165) is 12.0 Å². The van der Waals surface area contributed by atoms with E-state index in [2.05, 4.69) is 48.7 Å². The Kier molecular flexibility index (Phi) is 10.3. The predicted molar refractivity (Wildman–Crippen MR) is 154 cm³/mol. The maximum Gasteiger partial charge on any atom is 0.408 e. The molecule has 0 heterocycles. The number of benzene rings is 3. The minimum Gasteiger partial charge on any atom is -0.444 e. The zero-order valence-electron chi connectivity index (χ0n) is 22.5. The van der Waals surface area contributed by atoms with Crippen LogP contribution >= 0.6 is 7.92 Å². The van der Waals surface area contributed by atoms with Crippen LogP contribution in [0, 0.1) is 5.92 Å². The first-order valence-corrected chi connectivity index (χ1v) is 14.3. The lowest BCUT2D eigenvalue weighted by Crippen LogP contribution is -2.53. The molecular weight excluding hydrogens is 479 g/mol. The van der Waals surface area contributed by atoms with Crippen LogP contribution in [0.2, 0.25) is 0 Å². The van der Waals surface area contributed by atoms with Crippen molar-refractivity contribution >= 4 is 30.5 Å². The van der Waals surface area contributed by atoms with E-state index in [1.54, 1.807) is 0 Å². The van der Waals surface area contributed by atoms with Crippen molar-refractivity contribution in [2.45, 2.75) is 64.9 Å². The van der Waals surface area contributed by atoms with Gasteiger partial charge in [-0.1, -0.05) is 111 Å². The smallest absolute Gasteiger partial charge is 0.408 e. The van der Waals surface area contributed by atoms with Crippen molar-refractivity contribution in [3.8, 4) is 0 Å². The maximum atomic E-state index is 13.9. The molecule has 1 unspecified atom stereocenters. The molecule has 3 aromatic carbocycles. The van der Waals surface area contributed by atoms with Crippen LogP contribution in [0.25, 0.3) is 0 Å². The van der Waals surface area contributed by atoms with Crippen LogP contribution in [-0.2, 0) is 16.0 Å².